The van der Waals surface area contributed by atoms with Crippen LogP contribution in [-0.4, -0.2) is 51.9 Å². The van der Waals surface area contributed by atoms with E-state index in [0.717, 1.165) is 0 Å². The summed E-state index contributed by atoms with van der Waals surface area (Å²) < 4.78 is 116. The minimum Gasteiger partial charge on any atom is -0.725 e. The Balaban J connectivity index is -0.000000256. The Hall–Kier alpha value is 0.248. The van der Waals surface area contributed by atoms with Crippen LogP contribution in [0.3, 0.4) is 0 Å². The third-order valence-corrected chi connectivity index (χ3v) is 3.00. The first kappa shape index (κ1) is 24.3. The Kier molecular flexibility index (Phi) is 10.1. The van der Waals surface area contributed by atoms with Gasteiger partial charge in [-0.3, -0.25) is 0 Å². The Morgan fingerprint density at radius 1 is 0.474 bits per heavy atom. The zero-order chi connectivity index (χ0) is 15.4. The molecular formula is O14PtS4. The van der Waals surface area contributed by atoms with Crippen molar-refractivity contribution in [3.63, 3.8) is 0 Å². The van der Waals surface area contributed by atoms with Gasteiger partial charge in [0.1, 0.15) is 0 Å². The molecule has 19 heavy (non-hydrogen) atoms. The number of hydrogen-bond donors (Lipinski definition) is 0. The third-order valence-electron chi connectivity index (χ3n) is 0.333. The number of rotatable bonds is 4. The first-order chi connectivity index (χ1) is 7.41. The van der Waals surface area contributed by atoms with E-state index in [9.17, 15) is 51.9 Å². The van der Waals surface area contributed by atoms with Gasteiger partial charge in [-0.25, -0.2) is 33.7 Å². The monoisotopic (exact) mass is 547 g/mol. The Labute approximate surface area is 121 Å². The topological polar surface area (TPSA) is 247 Å². The van der Waals surface area contributed by atoms with Crippen molar-refractivity contribution in [2.24, 2.45) is 0 Å². The fraction of sp³-hybridized carbons (Fsp3) is 0. The van der Waals surface area contributed by atoms with Crippen LogP contribution in [-0.2, 0) is 69.9 Å². The second-order valence-corrected chi connectivity index (χ2v) is 6.12. The average Bonchev–Trinajstić information content (AvgIpc) is 1.64. The molecule has 0 heterocycles. The van der Waals surface area contributed by atoms with E-state index in [1.807, 2.05) is 0 Å². The molecule has 118 valence electrons. The van der Waals surface area contributed by atoms with Crippen LogP contribution in [0.4, 0.5) is 0 Å². The van der Waals surface area contributed by atoms with E-state index in [2.05, 4.69) is 7.26 Å². The molecule has 0 aromatic carbocycles. The van der Waals surface area contributed by atoms with Gasteiger partial charge in [0, 0.05) is 0 Å². The molecule has 0 saturated carbocycles. The van der Waals surface area contributed by atoms with E-state index in [4.69, 9.17) is 0 Å². The van der Waals surface area contributed by atoms with Crippen molar-refractivity contribution in [3.8, 4) is 0 Å². The van der Waals surface area contributed by atoms with Crippen LogP contribution in [0.15, 0.2) is 0 Å². The first-order valence-electron chi connectivity index (χ1n) is 2.67. The zero-order valence-electron chi connectivity index (χ0n) is 7.66. The summed E-state index contributed by atoms with van der Waals surface area (Å²) in [4.78, 5) is 0. The molecule has 0 spiro atoms. The molecule has 0 bridgehead atoms. The quantitative estimate of drug-likeness (QED) is 0.239. The van der Waals surface area contributed by atoms with Gasteiger partial charge in [-0.2, -0.15) is 7.26 Å². The third kappa shape index (κ3) is 32.1. The van der Waals surface area contributed by atoms with Gasteiger partial charge in [0.05, 0.1) is 0 Å². The largest absolute Gasteiger partial charge is 4.00 e. The van der Waals surface area contributed by atoms with Crippen molar-refractivity contribution < 1.29 is 80.2 Å². The van der Waals surface area contributed by atoms with Crippen LogP contribution in [0.5, 0.6) is 0 Å². The first-order valence-corrected chi connectivity index (χ1v) is 8.00. The molecule has 0 aromatic heterocycles. The fourth-order valence-electron chi connectivity index (χ4n) is 0.204. The summed E-state index contributed by atoms with van der Waals surface area (Å²) in [6, 6.07) is 0. The number of hydrogen-bond acceptors (Lipinski definition) is 14. The summed E-state index contributed by atoms with van der Waals surface area (Å²) in [5.41, 5.74) is 0. The van der Waals surface area contributed by atoms with Crippen molar-refractivity contribution in [3.05, 3.63) is 0 Å². The Morgan fingerprint density at radius 3 is 0.579 bits per heavy atom. The molecule has 19 heteroatoms. The fourth-order valence-corrected chi connectivity index (χ4v) is 1.84. The van der Waals surface area contributed by atoms with E-state index in [1.165, 1.54) is 0 Å². The molecule has 0 aromatic rings. The van der Waals surface area contributed by atoms with Gasteiger partial charge in [0.15, 0.2) is 0 Å². The maximum absolute atomic E-state index is 9.29. The Bertz CT molecular complexity index is 532. The molecule has 0 rings (SSSR count). The van der Waals surface area contributed by atoms with Crippen molar-refractivity contribution >= 4 is 41.6 Å². The summed E-state index contributed by atoms with van der Waals surface area (Å²) in [6.45, 7) is 0. The van der Waals surface area contributed by atoms with E-state index >= 15 is 0 Å². The molecule has 0 amide bonds. The molecule has 0 radical (unpaired) electrons. The Morgan fingerprint density at radius 2 is 0.579 bits per heavy atom. The molecule has 0 aliphatic heterocycles. The molecule has 0 unspecified atom stereocenters. The standard InChI is InChI=1S/2H2O7S2.Pt/c2*1-8(2,3)7-9(4,5)6;/h2*(H,1,2,3)(H,4,5,6);/q;;+4/p-4. The van der Waals surface area contributed by atoms with E-state index in [-0.39, 0.29) is 21.1 Å². The predicted molar refractivity (Wildman–Crippen MR) is 41.0 cm³/mol. The van der Waals surface area contributed by atoms with E-state index in [1.54, 1.807) is 0 Å². The SMILES string of the molecule is O=S(=O)([O-])OS(=O)(=O)[O-].O=S(=O)([O-])OS(=O)(=O)[O-].[Pt+4]. The van der Waals surface area contributed by atoms with Crippen LogP contribution < -0.4 is 0 Å². The predicted octanol–water partition coefficient (Wildman–Crippen LogP) is -4.16. The van der Waals surface area contributed by atoms with Crippen LogP contribution >= 0.6 is 0 Å². The summed E-state index contributed by atoms with van der Waals surface area (Å²) in [5, 5.41) is 0. The van der Waals surface area contributed by atoms with Gasteiger partial charge in [-0.1, -0.05) is 0 Å². The maximum Gasteiger partial charge on any atom is 4.00 e. The van der Waals surface area contributed by atoms with Gasteiger partial charge in [-0.15, -0.1) is 0 Å². The molecule has 0 N–H and O–H groups in total. The van der Waals surface area contributed by atoms with Crippen LogP contribution in [0, 0.1) is 0 Å². The van der Waals surface area contributed by atoms with E-state index in [0.29, 0.717) is 0 Å². The molecule has 0 aliphatic rings. The maximum atomic E-state index is 9.29. The van der Waals surface area contributed by atoms with Gasteiger partial charge < -0.3 is 18.2 Å². The van der Waals surface area contributed by atoms with Crippen LogP contribution in [0.25, 0.3) is 0 Å². The van der Waals surface area contributed by atoms with Crippen LogP contribution in [0.1, 0.15) is 0 Å². The molecule has 0 aliphatic carbocycles. The molecule has 0 fully saturated rings. The second kappa shape index (κ2) is 7.88. The molecule has 0 atom stereocenters. The molecule has 0 saturated heterocycles. The van der Waals surface area contributed by atoms with Gasteiger partial charge in [0.25, 0.3) is 0 Å². The van der Waals surface area contributed by atoms with Crippen molar-refractivity contribution in [2.45, 2.75) is 0 Å². The molecule has 14 nitrogen and oxygen atoms in total. The smallest absolute Gasteiger partial charge is 0.725 e. The van der Waals surface area contributed by atoms with Crippen molar-refractivity contribution in [2.75, 3.05) is 0 Å². The summed E-state index contributed by atoms with van der Waals surface area (Å²) in [6.07, 6.45) is 0. The minimum atomic E-state index is -5.43. The van der Waals surface area contributed by atoms with Crippen molar-refractivity contribution in [1.29, 1.82) is 0 Å². The summed E-state index contributed by atoms with van der Waals surface area (Å²) in [5.74, 6) is 0. The van der Waals surface area contributed by atoms with Gasteiger partial charge >= 0.3 is 21.1 Å². The van der Waals surface area contributed by atoms with Gasteiger partial charge in [-0.05, 0) is 0 Å². The normalized spacial score (nSPS) is 12.8. The zero-order valence-corrected chi connectivity index (χ0v) is 13.2. The summed E-state index contributed by atoms with van der Waals surface area (Å²) >= 11 is 0. The van der Waals surface area contributed by atoms with E-state index < -0.39 is 41.6 Å². The van der Waals surface area contributed by atoms with Crippen molar-refractivity contribution in [1.82, 2.24) is 0 Å². The summed E-state index contributed by atoms with van der Waals surface area (Å²) in [7, 11) is -21.7. The average molecular weight is 547 g/mol. The van der Waals surface area contributed by atoms with Gasteiger partial charge in [0.2, 0.25) is 41.6 Å². The van der Waals surface area contributed by atoms with Crippen LogP contribution in [0.2, 0.25) is 0 Å². The molecular weight excluding hydrogens is 547 g/mol. The minimum absolute atomic E-state index is 0. The second-order valence-electron chi connectivity index (χ2n) is 1.77.